The predicted molar refractivity (Wildman–Crippen MR) is 101 cm³/mol. The van der Waals surface area contributed by atoms with Crippen LogP contribution in [0.15, 0.2) is 30.3 Å². The molecule has 5 heteroatoms. The van der Waals surface area contributed by atoms with Crippen LogP contribution >= 0.6 is 0 Å². The normalized spacial score (nSPS) is 14.6. The molecule has 1 aromatic carbocycles. The van der Waals surface area contributed by atoms with Gasteiger partial charge >= 0.3 is 0 Å². The van der Waals surface area contributed by atoms with Crippen LogP contribution in [0.25, 0.3) is 0 Å². The van der Waals surface area contributed by atoms with E-state index < -0.39 is 0 Å². The molecule has 25 heavy (non-hydrogen) atoms. The molecule has 0 aliphatic carbocycles. The summed E-state index contributed by atoms with van der Waals surface area (Å²) in [6.07, 6.45) is 3.66. The highest BCUT2D eigenvalue weighted by Crippen LogP contribution is 2.27. The van der Waals surface area contributed by atoms with Gasteiger partial charge in [0.25, 0.3) is 5.91 Å². The molecule has 1 saturated heterocycles. The number of anilines is 2. The number of piperidine rings is 1. The number of nitrogens with zero attached hydrogens (tertiary/aromatic N) is 3. The average Bonchev–Trinajstić information content (AvgIpc) is 2.64. The number of hydrogen-bond donors (Lipinski definition) is 1. The van der Waals surface area contributed by atoms with Gasteiger partial charge in [-0.25, -0.2) is 0 Å². The lowest BCUT2D eigenvalue weighted by Crippen LogP contribution is -2.30. The number of para-hydroxylation sites is 1. The molecule has 0 atom stereocenters. The smallest absolute Gasteiger partial charge is 0.276 e. The molecule has 2 heterocycles. The van der Waals surface area contributed by atoms with E-state index in [9.17, 15) is 4.79 Å². The summed E-state index contributed by atoms with van der Waals surface area (Å²) < 4.78 is 0. The molecule has 1 aromatic heterocycles. The van der Waals surface area contributed by atoms with Crippen molar-refractivity contribution in [2.45, 2.75) is 46.0 Å². The van der Waals surface area contributed by atoms with Gasteiger partial charge in [0.2, 0.25) is 0 Å². The van der Waals surface area contributed by atoms with E-state index in [4.69, 9.17) is 0 Å². The minimum atomic E-state index is -0.214. The number of carbonyl (C=O) groups excluding carboxylic acids is 1. The van der Waals surface area contributed by atoms with Crippen LogP contribution in [0.1, 0.15) is 60.6 Å². The van der Waals surface area contributed by atoms with Crippen molar-refractivity contribution in [2.24, 2.45) is 0 Å². The van der Waals surface area contributed by atoms with Crippen molar-refractivity contribution in [1.29, 1.82) is 0 Å². The van der Waals surface area contributed by atoms with Crippen LogP contribution in [0.3, 0.4) is 0 Å². The highest BCUT2D eigenvalue weighted by molar-refractivity contribution is 6.03. The van der Waals surface area contributed by atoms with Crippen LogP contribution < -0.4 is 10.2 Å². The van der Waals surface area contributed by atoms with Gasteiger partial charge in [-0.1, -0.05) is 32.0 Å². The van der Waals surface area contributed by atoms with Crippen LogP contribution in [0.5, 0.6) is 0 Å². The standard InChI is InChI=1S/C20H26N4O/c1-14(2)16-9-7-8-15(3)19(16)21-20(25)17-10-11-18(23-22-17)24-12-5-4-6-13-24/h7-11,14H,4-6,12-13H2,1-3H3,(H,21,25). The van der Waals surface area contributed by atoms with E-state index in [1.165, 1.54) is 19.3 Å². The molecule has 1 N–H and O–H groups in total. The highest BCUT2D eigenvalue weighted by atomic mass is 16.1. The average molecular weight is 338 g/mol. The molecule has 0 bridgehead atoms. The Hall–Kier alpha value is -2.43. The minimum Gasteiger partial charge on any atom is -0.355 e. The van der Waals surface area contributed by atoms with E-state index in [-0.39, 0.29) is 5.91 Å². The van der Waals surface area contributed by atoms with E-state index in [2.05, 4.69) is 40.3 Å². The van der Waals surface area contributed by atoms with Crippen LogP contribution in [-0.4, -0.2) is 29.2 Å². The second-order valence-electron chi connectivity index (χ2n) is 6.97. The van der Waals surface area contributed by atoms with Gasteiger partial charge in [0.1, 0.15) is 0 Å². The SMILES string of the molecule is Cc1cccc(C(C)C)c1NC(=O)c1ccc(N2CCCCC2)nn1. The van der Waals surface area contributed by atoms with Gasteiger partial charge in [-0.3, -0.25) is 4.79 Å². The number of hydrogen-bond acceptors (Lipinski definition) is 4. The lowest BCUT2D eigenvalue weighted by atomic mass is 9.98. The molecule has 3 rings (SSSR count). The van der Waals surface area contributed by atoms with Crippen LogP contribution in [-0.2, 0) is 0 Å². The Kier molecular flexibility index (Phi) is 5.31. The van der Waals surface area contributed by atoms with Gasteiger partial charge in [0.05, 0.1) is 0 Å². The molecular weight excluding hydrogens is 312 g/mol. The zero-order valence-electron chi connectivity index (χ0n) is 15.2. The molecule has 2 aromatic rings. The van der Waals surface area contributed by atoms with E-state index in [1.807, 2.05) is 25.1 Å². The summed E-state index contributed by atoms with van der Waals surface area (Å²) in [6, 6.07) is 9.74. The summed E-state index contributed by atoms with van der Waals surface area (Å²) >= 11 is 0. The zero-order chi connectivity index (χ0) is 17.8. The third-order valence-corrected chi connectivity index (χ3v) is 4.73. The Labute approximate surface area is 149 Å². The molecular formula is C20H26N4O. The van der Waals surface area contributed by atoms with Crippen molar-refractivity contribution in [1.82, 2.24) is 10.2 Å². The van der Waals surface area contributed by atoms with Crippen molar-refractivity contribution in [3.63, 3.8) is 0 Å². The topological polar surface area (TPSA) is 58.1 Å². The summed E-state index contributed by atoms with van der Waals surface area (Å²) in [5.41, 5.74) is 3.41. The fourth-order valence-corrected chi connectivity index (χ4v) is 3.26. The van der Waals surface area contributed by atoms with Crippen molar-refractivity contribution in [3.8, 4) is 0 Å². The van der Waals surface area contributed by atoms with Crippen molar-refractivity contribution in [3.05, 3.63) is 47.2 Å². The van der Waals surface area contributed by atoms with Gasteiger partial charge in [-0.2, -0.15) is 0 Å². The molecule has 1 amide bonds. The number of aromatic nitrogens is 2. The molecule has 1 aliphatic heterocycles. The van der Waals surface area contributed by atoms with Crippen LogP contribution in [0.4, 0.5) is 11.5 Å². The van der Waals surface area contributed by atoms with E-state index in [1.54, 1.807) is 6.07 Å². The molecule has 0 spiro atoms. The third kappa shape index (κ3) is 3.98. The number of carbonyl (C=O) groups is 1. The van der Waals surface area contributed by atoms with Gasteiger partial charge in [-0.05, 0) is 55.4 Å². The molecule has 1 aliphatic rings. The summed E-state index contributed by atoms with van der Waals surface area (Å²) in [6.45, 7) is 8.28. The zero-order valence-corrected chi connectivity index (χ0v) is 15.2. The first kappa shape index (κ1) is 17.4. The van der Waals surface area contributed by atoms with Gasteiger partial charge in [0, 0.05) is 18.8 Å². The van der Waals surface area contributed by atoms with Crippen molar-refractivity contribution >= 4 is 17.4 Å². The number of amides is 1. The quantitative estimate of drug-likeness (QED) is 0.910. The Morgan fingerprint density at radius 3 is 2.48 bits per heavy atom. The second-order valence-corrected chi connectivity index (χ2v) is 6.97. The largest absolute Gasteiger partial charge is 0.355 e. The van der Waals surface area contributed by atoms with E-state index in [0.29, 0.717) is 11.6 Å². The number of aryl methyl sites for hydroxylation is 1. The number of benzene rings is 1. The first-order valence-corrected chi connectivity index (χ1v) is 9.06. The van der Waals surface area contributed by atoms with Crippen molar-refractivity contribution in [2.75, 3.05) is 23.3 Å². The van der Waals surface area contributed by atoms with Crippen LogP contribution in [0, 0.1) is 6.92 Å². The Balaban J connectivity index is 1.76. The third-order valence-electron chi connectivity index (χ3n) is 4.73. The molecule has 1 fully saturated rings. The predicted octanol–water partition coefficient (Wildman–Crippen LogP) is 4.15. The highest BCUT2D eigenvalue weighted by Gasteiger charge is 2.16. The summed E-state index contributed by atoms with van der Waals surface area (Å²) in [4.78, 5) is 14.8. The number of nitrogens with one attached hydrogen (secondary N) is 1. The summed E-state index contributed by atoms with van der Waals surface area (Å²) in [5, 5.41) is 11.4. The lowest BCUT2D eigenvalue weighted by Gasteiger charge is -2.27. The first-order valence-electron chi connectivity index (χ1n) is 9.06. The van der Waals surface area contributed by atoms with Crippen molar-refractivity contribution < 1.29 is 4.79 Å². The maximum atomic E-state index is 12.6. The molecule has 5 nitrogen and oxygen atoms in total. The lowest BCUT2D eigenvalue weighted by molar-refractivity contribution is 0.102. The Morgan fingerprint density at radius 1 is 1.08 bits per heavy atom. The maximum Gasteiger partial charge on any atom is 0.276 e. The van der Waals surface area contributed by atoms with Crippen LogP contribution in [0.2, 0.25) is 0 Å². The molecule has 0 unspecified atom stereocenters. The fourth-order valence-electron chi connectivity index (χ4n) is 3.26. The fraction of sp³-hybridized carbons (Fsp3) is 0.450. The van der Waals surface area contributed by atoms with E-state index in [0.717, 1.165) is 35.7 Å². The van der Waals surface area contributed by atoms with Gasteiger partial charge in [-0.15, -0.1) is 10.2 Å². The minimum absolute atomic E-state index is 0.214. The van der Waals surface area contributed by atoms with E-state index >= 15 is 0 Å². The first-order chi connectivity index (χ1) is 12.1. The number of rotatable bonds is 4. The molecule has 0 saturated carbocycles. The Morgan fingerprint density at radius 2 is 1.84 bits per heavy atom. The molecule has 0 radical (unpaired) electrons. The van der Waals surface area contributed by atoms with Gasteiger partial charge in [0.15, 0.2) is 11.5 Å². The summed E-state index contributed by atoms with van der Waals surface area (Å²) in [7, 11) is 0. The monoisotopic (exact) mass is 338 g/mol. The maximum absolute atomic E-state index is 12.6. The second kappa shape index (κ2) is 7.64. The summed E-state index contributed by atoms with van der Waals surface area (Å²) in [5.74, 6) is 0.978. The van der Waals surface area contributed by atoms with Gasteiger partial charge < -0.3 is 10.2 Å². The molecule has 132 valence electrons. The Bertz CT molecular complexity index is 734.